The number of nitrogen functional groups attached to an aromatic ring is 1. The zero-order valence-corrected chi connectivity index (χ0v) is 8.46. The standard InChI is InChI=1S/C10H17N3/c1-7(2)12-6-9-4-8(3)5-13-10(9)11/h4-5,7,12H,6H2,1-3H3,(H2,11,13). The summed E-state index contributed by atoms with van der Waals surface area (Å²) in [4.78, 5) is 4.09. The van der Waals surface area contributed by atoms with Crippen LogP contribution in [-0.4, -0.2) is 11.0 Å². The van der Waals surface area contributed by atoms with Gasteiger partial charge in [-0.1, -0.05) is 13.8 Å². The van der Waals surface area contributed by atoms with Crippen molar-refractivity contribution in [2.45, 2.75) is 33.4 Å². The Labute approximate surface area is 79.4 Å². The summed E-state index contributed by atoms with van der Waals surface area (Å²) < 4.78 is 0. The smallest absolute Gasteiger partial charge is 0.127 e. The zero-order chi connectivity index (χ0) is 9.84. The number of pyridine rings is 1. The van der Waals surface area contributed by atoms with E-state index in [1.807, 2.05) is 6.92 Å². The number of nitrogens with one attached hydrogen (secondary N) is 1. The summed E-state index contributed by atoms with van der Waals surface area (Å²) in [5, 5.41) is 3.31. The molecule has 0 spiro atoms. The minimum absolute atomic E-state index is 0.472. The van der Waals surface area contributed by atoms with Crippen LogP contribution in [0.2, 0.25) is 0 Å². The largest absolute Gasteiger partial charge is 0.383 e. The summed E-state index contributed by atoms with van der Waals surface area (Å²) in [6, 6.07) is 2.54. The van der Waals surface area contributed by atoms with E-state index in [0.717, 1.165) is 17.7 Å². The van der Waals surface area contributed by atoms with Crippen molar-refractivity contribution < 1.29 is 0 Å². The van der Waals surface area contributed by atoms with E-state index in [1.165, 1.54) is 0 Å². The molecule has 0 fully saturated rings. The molecule has 0 unspecified atom stereocenters. The van der Waals surface area contributed by atoms with Crippen LogP contribution in [-0.2, 0) is 6.54 Å². The summed E-state index contributed by atoms with van der Waals surface area (Å²) in [6.07, 6.45) is 1.79. The van der Waals surface area contributed by atoms with Crippen molar-refractivity contribution in [1.82, 2.24) is 10.3 Å². The topological polar surface area (TPSA) is 50.9 Å². The van der Waals surface area contributed by atoms with E-state index in [0.29, 0.717) is 11.9 Å². The molecule has 0 aliphatic heterocycles. The molecule has 0 saturated carbocycles. The van der Waals surface area contributed by atoms with Crippen molar-refractivity contribution in [3.8, 4) is 0 Å². The quantitative estimate of drug-likeness (QED) is 0.738. The Morgan fingerprint density at radius 1 is 1.54 bits per heavy atom. The lowest BCUT2D eigenvalue weighted by Crippen LogP contribution is -2.22. The molecule has 1 aromatic rings. The van der Waals surface area contributed by atoms with Gasteiger partial charge in [0.25, 0.3) is 0 Å². The maximum absolute atomic E-state index is 5.72. The van der Waals surface area contributed by atoms with Gasteiger partial charge in [0.2, 0.25) is 0 Å². The fraction of sp³-hybridized carbons (Fsp3) is 0.500. The molecule has 0 bridgehead atoms. The molecular formula is C10H17N3. The SMILES string of the molecule is Cc1cnc(N)c(CNC(C)C)c1. The summed E-state index contributed by atoms with van der Waals surface area (Å²) in [5.74, 6) is 0.624. The Bertz CT molecular complexity index is 281. The molecule has 0 radical (unpaired) electrons. The molecule has 1 aromatic heterocycles. The lowest BCUT2D eigenvalue weighted by molar-refractivity contribution is 0.588. The van der Waals surface area contributed by atoms with E-state index < -0.39 is 0 Å². The molecule has 3 N–H and O–H groups in total. The number of anilines is 1. The van der Waals surface area contributed by atoms with Crippen LogP contribution < -0.4 is 11.1 Å². The van der Waals surface area contributed by atoms with Gasteiger partial charge in [-0.15, -0.1) is 0 Å². The van der Waals surface area contributed by atoms with Gasteiger partial charge < -0.3 is 11.1 Å². The highest BCUT2D eigenvalue weighted by atomic mass is 14.9. The molecule has 0 aliphatic rings. The molecule has 3 heteroatoms. The Balaban J connectivity index is 2.70. The monoisotopic (exact) mass is 179 g/mol. The van der Waals surface area contributed by atoms with Crippen molar-refractivity contribution in [3.05, 3.63) is 23.4 Å². The summed E-state index contributed by atoms with van der Waals surface area (Å²) >= 11 is 0. The van der Waals surface area contributed by atoms with E-state index in [2.05, 4.69) is 30.2 Å². The molecule has 1 rings (SSSR count). The molecular weight excluding hydrogens is 162 g/mol. The van der Waals surface area contributed by atoms with Gasteiger partial charge in [-0.25, -0.2) is 4.98 Å². The van der Waals surface area contributed by atoms with Crippen LogP contribution in [0.4, 0.5) is 5.82 Å². The Morgan fingerprint density at radius 2 is 2.23 bits per heavy atom. The van der Waals surface area contributed by atoms with Gasteiger partial charge in [0, 0.05) is 24.3 Å². The zero-order valence-electron chi connectivity index (χ0n) is 8.46. The van der Waals surface area contributed by atoms with Crippen molar-refractivity contribution in [2.24, 2.45) is 0 Å². The number of aryl methyl sites for hydroxylation is 1. The fourth-order valence-corrected chi connectivity index (χ4v) is 1.10. The predicted octanol–water partition coefficient (Wildman–Crippen LogP) is 1.47. The first kappa shape index (κ1) is 9.99. The molecule has 72 valence electrons. The fourth-order valence-electron chi connectivity index (χ4n) is 1.10. The molecule has 0 amide bonds. The van der Waals surface area contributed by atoms with Crippen molar-refractivity contribution >= 4 is 5.82 Å². The number of rotatable bonds is 3. The maximum atomic E-state index is 5.72. The van der Waals surface area contributed by atoms with Gasteiger partial charge in [0.15, 0.2) is 0 Å². The highest BCUT2D eigenvalue weighted by Gasteiger charge is 2.01. The molecule has 0 atom stereocenters. The summed E-state index contributed by atoms with van der Waals surface area (Å²) in [6.45, 7) is 7.03. The lowest BCUT2D eigenvalue weighted by atomic mass is 10.2. The average molecular weight is 179 g/mol. The van der Waals surface area contributed by atoms with Gasteiger partial charge in [-0.3, -0.25) is 0 Å². The van der Waals surface area contributed by atoms with Gasteiger partial charge in [0.05, 0.1) is 0 Å². The molecule has 0 aliphatic carbocycles. The molecule has 1 heterocycles. The van der Waals surface area contributed by atoms with Gasteiger partial charge >= 0.3 is 0 Å². The molecule has 13 heavy (non-hydrogen) atoms. The van der Waals surface area contributed by atoms with Crippen LogP contribution in [0.15, 0.2) is 12.3 Å². The van der Waals surface area contributed by atoms with Crippen LogP contribution in [0, 0.1) is 6.92 Å². The molecule has 0 saturated heterocycles. The van der Waals surface area contributed by atoms with Crippen molar-refractivity contribution in [2.75, 3.05) is 5.73 Å². The molecule has 0 aromatic carbocycles. The first-order chi connectivity index (χ1) is 6.09. The number of nitrogens with zero attached hydrogens (tertiary/aromatic N) is 1. The number of hydrogen-bond donors (Lipinski definition) is 2. The Hall–Kier alpha value is -1.09. The van der Waals surface area contributed by atoms with Crippen LogP contribution in [0.25, 0.3) is 0 Å². The predicted molar refractivity (Wildman–Crippen MR) is 55.4 cm³/mol. The average Bonchev–Trinajstić information content (AvgIpc) is 2.06. The van der Waals surface area contributed by atoms with Gasteiger partial charge in [-0.05, 0) is 18.6 Å². The van der Waals surface area contributed by atoms with Gasteiger partial charge in [-0.2, -0.15) is 0 Å². The van der Waals surface area contributed by atoms with Crippen molar-refractivity contribution in [3.63, 3.8) is 0 Å². The van der Waals surface area contributed by atoms with Crippen LogP contribution in [0.1, 0.15) is 25.0 Å². The second kappa shape index (κ2) is 4.23. The lowest BCUT2D eigenvalue weighted by Gasteiger charge is -2.09. The normalized spacial score (nSPS) is 10.8. The van der Waals surface area contributed by atoms with E-state index in [-0.39, 0.29) is 0 Å². The summed E-state index contributed by atoms with van der Waals surface area (Å²) in [5.41, 5.74) is 7.95. The van der Waals surface area contributed by atoms with Crippen LogP contribution in [0.5, 0.6) is 0 Å². The first-order valence-electron chi connectivity index (χ1n) is 4.54. The Morgan fingerprint density at radius 3 is 2.85 bits per heavy atom. The van der Waals surface area contributed by atoms with E-state index in [9.17, 15) is 0 Å². The van der Waals surface area contributed by atoms with Gasteiger partial charge in [0.1, 0.15) is 5.82 Å². The second-order valence-electron chi connectivity index (χ2n) is 3.59. The molecule has 3 nitrogen and oxygen atoms in total. The number of hydrogen-bond acceptors (Lipinski definition) is 3. The third-order valence-corrected chi connectivity index (χ3v) is 1.84. The highest BCUT2D eigenvalue weighted by molar-refractivity contribution is 5.40. The van der Waals surface area contributed by atoms with Crippen LogP contribution >= 0.6 is 0 Å². The minimum Gasteiger partial charge on any atom is -0.383 e. The van der Waals surface area contributed by atoms with E-state index in [4.69, 9.17) is 5.73 Å². The number of aromatic nitrogens is 1. The van der Waals surface area contributed by atoms with E-state index >= 15 is 0 Å². The first-order valence-corrected chi connectivity index (χ1v) is 4.54. The van der Waals surface area contributed by atoms with Crippen LogP contribution in [0.3, 0.4) is 0 Å². The minimum atomic E-state index is 0.472. The second-order valence-corrected chi connectivity index (χ2v) is 3.59. The van der Waals surface area contributed by atoms with E-state index in [1.54, 1.807) is 6.20 Å². The number of nitrogens with two attached hydrogens (primary N) is 1. The highest BCUT2D eigenvalue weighted by Crippen LogP contribution is 2.09. The third-order valence-electron chi connectivity index (χ3n) is 1.84. The van der Waals surface area contributed by atoms with Crippen molar-refractivity contribution in [1.29, 1.82) is 0 Å². The summed E-state index contributed by atoms with van der Waals surface area (Å²) in [7, 11) is 0. The third kappa shape index (κ3) is 3.03. The Kier molecular flexibility index (Phi) is 3.25. The maximum Gasteiger partial charge on any atom is 0.127 e.